The van der Waals surface area contributed by atoms with Gasteiger partial charge in [0.1, 0.15) is 0 Å². The van der Waals surface area contributed by atoms with Crippen LogP contribution in [-0.4, -0.2) is 23.5 Å². The zero-order valence-electron chi connectivity index (χ0n) is 12.3. The minimum atomic E-state index is -0.878. The maximum Gasteiger partial charge on any atom is 0.311 e. The van der Waals surface area contributed by atoms with E-state index in [2.05, 4.69) is 5.32 Å². The second kappa shape index (κ2) is 6.06. The van der Waals surface area contributed by atoms with E-state index in [0.29, 0.717) is 24.3 Å². The maximum atomic E-state index is 12.3. The van der Waals surface area contributed by atoms with Crippen molar-refractivity contribution in [2.75, 3.05) is 6.54 Å². The molecule has 0 bridgehead atoms. The van der Waals surface area contributed by atoms with Gasteiger partial charge < -0.3 is 10.4 Å². The van der Waals surface area contributed by atoms with E-state index in [0.717, 1.165) is 11.1 Å². The molecule has 1 atom stereocenters. The summed E-state index contributed by atoms with van der Waals surface area (Å²) >= 11 is 6.06. The number of rotatable bonds is 6. The van der Waals surface area contributed by atoms with Gasteiger partial charge in [0.15, 0.2) is 0 Å². The van der Waals surface area contributed by atoms with Crippen LogP contribution in [0.15, 0.2) is 18.2 Å². The van der Waals surface area contributed by atoms with E-state index < -0.39 is 11.4 Å². The molecule has 21 heavy (non-hydrogen) atoms. The Hall–Kier alpha value is -1.55. The monoisotopic (exact) mass is 309 g/mol. The van der Waals surface area contributed by atoms with Gasteiger partial charge in [0.2, 0.25) is 5.91 Å². The van der Waals surface area contributed by atoms with Gasteiger partial charge in [-0.1, -0.05) is 37.6 Å². The highest BCUT2D eigenvalue weighted by Crippen LogP contribution is 2.39. The first kappa shape index (κ1) is 15.8. The number of benzene rings is 1. The van der Waals surface area contributed by atoms with E-state index in [1.165, 1.54) is 0 Å². The van der Waals surface area contributed by atoms with Gasteiger partial charge >= 0.3 is 5.97 Å². The Bertz CT molecular complexity index is 567. The molecule has 0 saturated carbocycles. The van der Waals surface area contributed by atoms with Crippen molar-refractivity contribution < 1.29 is 14.7 Å². The molecule has 5 heteroatoms. The molecule has 0 radical (unpaired) electrons. The van der Waals surface area contributed by atoms with Gasteiger partial charge in [-0.05, 0) is 36.5 Å². The summed E-state index contributed by atoms with van der Waals surface area (Å²) in [6.07, 6.45) is 1.61. The van der Waals surface area contributed by atoms with E-state index in [4.69, 9.17) is 11.6 Å². The minimum Gasteiger partial charge on any atom is -0.481 e. The van der Waals surface area contributed by atoms with Gasteiger partial charge in [0, 0.05) is 11.6 Å². The average Bonchev–Trinajstić information content (AvgIpc) is 2.42. The van der Waals surface area contributed by atoms with Crippen molar-refractivity contribution >= 4 is 23.5 Å². The minimum absolute atomic E-state index is 0.114. The Morgan fingerprint density at radius 1 is 1.38 bits per heavy atom. The van der Waals surface area contributed by atoms with E-state index in [1.54, 1.807) is 0 Å². The SMILES string of the molecule is CCC(CC)(CNC(=O)C1Cc2c(Cl)cccc21)C(=O)O. The van der Waals surface area contributed by atoms with Gasteiger partial charge in [0.05, 0.1) is 11.3 Å². The molecule has 2 N–H and O–H groups in total. The van der Waals surface area contributed by atoms with Gasteiger partial charge in [0.25, 0.3) is 0 Å². The molecule has 0 heterocycles. The lowest BCUT2D eigenvalue weighted by molar-refractivity contribution is -0.149. The lowest BCUT2D eigenvalue weighted by Crippen LogP contribution is -2.45. The van der Waals surface area contributed by atoms with Crippen LogP contribution in [0.3, 0.4) is 0 Å². The van der Waals surface area contributed by atoms with E-state index in [9.17, 15) is 14.7 Å². The largest absolute Gasteiger partial charge is 0.481 e. The fourth-order valence-corrected chi connectivity index (χ4v) is 3.05. The number of carboxylic acid groups (broad SMARTS) is 1. The van der Waals surface area contributed by atoms with Crippen molar-refractivity contribution in [3.05, 3.63) is 34.3 Å². The van der Waals surface area contributed by atoms with Gasteiger partial charge in [-0.2, -0.15) is 0 Å². The highest BCUT2D eigenvalue weighted by Gasteiger charge is 2.38. The molecule has 2 rings (SSSR count). The third-order valence-electron chi connectivity index (χ3n) is 4.66. The zero-order valence-corrected chi connectivity index (χ0v) is 13.0. The number of halogens is 1. The number of fused-ring (bicyclic) bond motifs is 1. The zero-order chi connectivity index (χ0) is 15.6. The number of carbonyl (C=O) groups excluding carboxylic acids is 1. The lowest BCUT2D eigenvalue weighted by atomic mass is 9.76. The molecule has 1 aromatic carbocycles. The van der Waals surface area contributed by atoms with E-state index in [-0.39, 0.29) is 18.4 Å². The van der Waals surface area contributed by atoms with E-state index >= 15 is 0 Å². The van der Waals surface area contributed by atoms with Gasteiger partial charge in [-0.25, -0.2) is 0 Å². The number of hydrogen-bond donors (Lipinski definition) is 2. The molecule has 1 amide bonds. The fourth-order valence-electron chi connectivity index (χ4n) is 2.79. The Kier molecular flexibility index (Phi) is 4.57. The quantitative estimate of drug-likeness (QED) is 0.849. The van der Waals surface area contributed by atoms with Gasteiger partial charge in [-0.15, -0.1) is 0 Å². The number of nitrogens with one attached hydrogen (secondary N) is 1. The fraction of sp³-hybridized carbons (Fsp3) is 0.500. The summed E-state index contributed by atoms with van der Waals surface area (Å²) in [6.45, 7) is 3.84. The summed E-state index contributed by atoms with van der Waals surface area (Å²) in [5.74, 6) is -1.18. The van der Waals surface area contributed by atoms with Crippen LogP contribution < -0.4 is 5.32 Å². The summed E-state index contributed by atoms with van der Waals surface area (Å²) in [7, 11) is 0. The number of aliphatic carboxylic acids is 1. The topological polar surface area (TPSA) is 66.4 Å². The van der Waals surface area contributed by atoms with Crippen molar-refractivity contribution in [2.45, 2.75) is 39.0 Å². The molecule has 1 aliphatic rings. The molecule has 1 aliphatic carbocycles. The second-order valence-corrected chi connectivity index (χ2v) is 5.98. The Morgan fingerprint density at radius 3 is 2.62 bits per heavy atom. The predicted molar refractivity (Wildman–Crippen MR) is 81.6 cm³/mol. The van der Waals surface area contributed by atoms with Crippen molar-refractivity contribution in [3.63, 3.8) is 0 Å². The first-order valence-electron chi connectivity index (χ1n) is 7.23. The molecule has 114 valence electrons. The van der Waals surface area contributed by atoms with Crippen LogP contribution in [0, 0.1) is 5.41 Å². The first-order valence-corrected chi connectivity index (χ1v) is 7.61. The second-order valence-electron chi connectivity index (χ2n) is 5.57. The predicted octanol–water partition coefficient (Wildman–Crippen LogP) is 2.99. The van der Waals surface area contributed by atoms with E-state index in [1.807, 2.05) is 32.0 Å². The van der Waals surface area contributed by atoms with Crippen LogP contribution in [0.1, 0.15) is 43.7 Å². The molecule has 0 saturated heterocycles. The van der Waals surface area contributed by atoms with Gasteiger partial charge in [-0.3, -0.25) is 9.59 Å². The highest BCUT2D eigenvalue weighted by atomic mass is 35.5. The Labute approximate surface area is 129 Å². The third kappa shape index (κ3) is 2.77. The van der Waals surface area contributed by atoms with Crippen molar-refractivity contribution in [1.82, 2.24) is 5.32 Å². The number of carboxylic acids is 1. The average molecular weight is 310 g/mol. The Morgan fingerprint density at radius 2 is 2.05 bits per heavy atom. The van der Waals surface area contributed by atoms with Crippen molar-refractivity contribution in [3.8, 4) is 0 Å². The highest BCUT2D eigenvalue weighted by molar-refractivity contribution is 6.31. The lowest BCUT2D eigenvalue weighted by Gasteiger charge is -2.32. The van der Waals surface area contributed by atoms with Crippen LogP contribution in [-0.2, 0) is 16.0 Å². The summed E-state index contributed by atoms with van der Waals surface area (Å²) in [5.41, 5.74) is 1.10. The molecule has 4 nitrogen and oxygen atoms in total. The summed E-state index contributed by atoms with van der Waals surface area (Å²) in [4.78, 5) is 23.7. The first-order chi connectivity index (χ1) is 9.95. The summed E-state index contributed by atoms with van der Waals surface area (Å²) < 4.78 is 0. The normalized spacial score (nSPS) is 16.8. The summed E-state index contributed by atoms with van der Waals surface area (Å²) in [6, 6.07) is 5.55. The maximum absolute atomic E-state index is 12.3. The van der Waals surface area contributed by atoms with Crippen molar-refractivity contribution in [2.24, 2.45) is 5.41 Å². The molecule has 1 unspecified atom stereocenters. The molecular formula is C16H20ClNO3. The molecule has 0 fully saturated rings. The van der Waals surface area contributed by atoms with Crippen LogP contribution in [0.25, 0.3) is 0 Å². The third-order valence-corrected chi connectivity index (χ3v) is 5.02. The molecule has 1 aromatic rings. The number of amides is 1. The molecule has 0 spiro atoms. The molecule has 0 aliphatic heterocycles. The van der Waals surface area contributed by atoms with Crippen molar-refractivity contribution in [1.29, 1.82) is 0 Å². The van der Waals surface area contributed by atoms with Crippen LogP contribution in [0.2, 0.25) is 5.02 Å². The van der Waals surface area contributed by atoms with Crippen LogP contribution in [0.4, 0.5) is 0 Å². The summed E-state index contributed by atoms with van der Waals surface area (Å²) in [5, 5.41) is 12.9. The van der Waals surface area contributed by atoms with Crippen LogP contribution in [0.5, 0.6) is 0 Å². The number of hydrogen-bond acceptors (Lipinski definition) is 2. The number of carbonyl (C=O) groups is 2. The Balaban J connectivity index is 2.02. The standard InChI is InChI=1S/C16H20ClNO3/c1-3-16(4-2,15(20)21)9-18-14(19)12-8-11-10(12)6-5-7-13(11)17/h5-7,12H,3-4,8-9H2,1-2H3,(H,18,19)(H,20,21). The smallest absolute Gasteiger partial charge is 0.311 e. The molecular weight excluding hydrogens is 290 g/mol. The van der Waals surface area contributed by atoms with Crippen LogP contribution >= 0.6 is 11.6 Å². The molecule has 0 aromatic heterocycles.